The molecule has 0 radical (unpaired) electrons. The van der Waals surface area contributed by atoms with Crippen LogP contribution >= 0.6 is 0 Å². The quantitative estimate of drug-likeness (QED) is 0.424. The number of carbonyl (C=O) groups excluding carboxylic acids is 2. The van der Waals surface area contributed by atoms with Crippen molar-refractivity contribution >= 4 is 17.6 Å². The molecule has 2 rings (SSSR count). The number of methoxy groups -OCH3 is 1. The fourth-order valence-electron chi connectivity index (χ4n) is 2.58. The molecule has 1 amide bonds. The summed E-state index contributed by atoms with van der Waals surface area (Å²) in [6, 6.07) is 11.3. The van der Waals surface area contributed by atoms with Gasteiger partial charge in [-0.15, -0.1) is 0 Å². The molecule has 0 bridgehead atoms. The summed E-state index contributed by atoms with van der Waals surface area (Å²) in [5, 5.41) is 14.0. The molecule has 0 aliphatic carbocycles. The molecular formula is C20H22N2O6. The standard InChI is InChI=1S/C20H22N2O6/c1-4-14-5-7-15(8-6-14)13(2)21-19(23)12-28-18-10-9-16(20(24)27-3)11-17(18)22(25)26/h5-11,13H,4,12H2,1-3H3,(H,21,23)/t13-/m1/s1. The van der Waals surface area contributed by atoms with Gasteiger partial charge < -0.3 is 14.8 Å². The van der Waals surface area contributed by atoms with Crippen LogP contribution in [0.4, 0.5) is 5.69 Å². The lowest BCUT2D eigenvalue weighted by Crippen LogP contribution is -2.31. The van der Waals surface area contributed by atoms with Gasteiger partial charge in [-0.3, -0.25) is 14.9 Å². The zero-order chi connectivity index (χ0) is 20.7. The maximum atomic E-state index is 12.1. The first kappa shape index (κ1) is 20.9. The summed E-state index contributed by atoms with van der Waals surface area (Å²) < 4.78 is 9.84. The molecule has 2 aromatic carbocycles. The summed E-state index contributed by atoms with van der Waals surface area (Å²) in [4.78, 5) is 34.2. The molecule has 0 fully saturated rings. The Hall–Kier alpha value is -3.42. The normalized spacial score (nSPS) is 11.4. The maximum Gasteiger partial charge on any atom is 0.338 e. The van der Waals surface area contributed by atoms with Crippen LogP contribution in [0, 0.1) is 10.1 Å². The number of aryl methyl sites for hydroxylation is 1. The van der Waals surface area contributed by atoms with Crippen molar-refractivity contribution < 1.29 is 24.0 Å². The topological polar surface area (TPSA) is 108 Å². The molecule has 8 heteroatoms. The molecular weight excluding hydrogens is 364 g/mol. The van der Waals surface area contributed by atoms with Crippen LogP contribution in [0.5, 0.6) is 5.75 Å². The molecule has 1 atom stereocenters. The largest absolute Gasteiger partial charge is 0.477 e. The number of benzene rings is 2. The van der Waals surface area contributed by atoms with Crippen molar-refractivity contribution in [3.63, 3.8) is 0 Å². The van der Waals surface area contributed by atoms with Gasteiger partial charge in [-0.1, -0.05) is 31.2 Å². The minimum Gasteiger partial charge on any atom is -0.477 e. The third-order valence-corrected chi connectivity index (χ3v) is 4.20. The highest BCUT2D eigenvalue weighted by atomic mass is 16.6. The van der Waals surface area contributed by atoms with Crippen molar-refractivity contribution in [1.29, 1.82) is 0 Å². The fourth-order valence-corrected chi connectivity index (χ4v) is 2.58. The number of hydrogen-bond donors (Lipinski definition) is 1. The molecule has 0 heterocycles. The molecule has 0 aliphatic rings. The summed E-state index contributed by atoms with van der Waals surface area (Å²) >= 11 is 0. The Morgan fingerprint density at radius 3 is 2.43 bits per heavy atom. The second kappa shape index (κ2) is 9.50. The van der Waals surface area contributed by atoms with Gasteiger partial charge in [0.05, 0.1) is 23.6 Å². The first-order chi connectivity index (χ1) is 13.3. The average Bonchev–Trinajstić information content (AvgIpc) is 2.71. The van der Waals surface area contributed by atoms with Crippen LogP contribution in [-0.4, -0.2) is 30.5 Å². The van der Waals surface area contributed by atoms with Gasteiger partial charge in [0.25, 0.3) is 5.91 Å². The zero-order valence-corrected chi connectivity index (χ0v) is 15.9. The Morgan fingerprint density at radius 2 is 1.86 bits per heavy atom. The number of nitrogens with zero attached hydrogens (tertiary/aromatic N) is 1. The van der Waals surface area contributed by atoms with Gasteiger partial charge >= 0.3 is 11.7 Å². The van der Waals surface area contributed by atoms with Crippen LogP contribution in [0.15, 0.2) is 42.5 Å². The van der Waals surface area contributed by atoms with E-state index in [-0.39, 0.29) is 17.4 Å². The van der Waals surface area contributed by atoms with Gasteiger partial charge in [0, 0.05) is 6.07 Å². The number of nitro groups is 1. The smallest absolute Gasteiger partial charge is 0.338 e. The zero-order valence-electron chi connectivity index (χ0n) is 15.9. The van der Waals surface area contributed by atoms with Crippen LogP contribution in [0.3, 0.4) is 0 Å². The molecule has 0 saturated heterocycles. The monoisotopic (exact) mass is 386 g/mol. The van der Waals surface area contributed by atoms with Crippen molar-refractivity contribution in [2.75, 3.05) is 13.7 Å². The molecule has 0 aliphatic heterocycles. The molecule has 0 saturated carbocycles. The minimum absolute atomic E-state index is 0.0233. The second-order valence-electron chi connectivity index (χ2n) is 6.10. The highest BCUT2D eigenvalue weighted by Gasteiger charge is 2.20. The Morgan fingerprint density at radius 1 is 1.18 bits per heavy atom. The first-order valence-electron chi connectivity index (χ1n) is 8.73. The van der Waals surface area contributed by atoms with Crippen LogP contribution in [0.25, 0.3) is 0 Å². The lowest BCUT2D eigenvalue weighted by Gasteiger charge is -2.15. The Bertz CT molecular complexity index is 863. The van der Waals surface area contributed by atoms with E-state index in [2.05, 4.69) is 17.0 Å². The number of amides is 1. The van der Waals surface area contributed by atoms with Crippen LogP contribution < -0.4 is 10.1 Å². The van der Waals surface area contributed by atoms with E-state index in [4.69, 9.17) is 4.74 Å². The van der Waals surface area contributed by atoms with Crippen LogP contribution in [0.1, 0.15) is 41.4 Å². The SMILES string of the molecule is CCc1ccc([C@@H](C)NC(=O)COc2ccc(C(=O)OC)cc2[N+](=O)[O-])cc1. The first-order valence-corrected chi connectivity index (χ1v) is 8.73. The van der Waals surface area contributed by atoms with E-state index in [1.807, 2.05) is 31.2 Å². The molecule has 0 unspecified atom stereocenters. The van der Waals surface area contributed by atoms with Crippen molar-refractivity contribution in [2.45, 2.75) is 26.3 Å². The van der Waals surface area contributed by atoms with E-state index in [0.29, 0.717) is 0 Å². The Balaban J connectivity index is 2.01. The van der Waals surface area contributed by atoms with E-state index in [9.17, 15) is 19.7 Å². The highest BCUT2D eigenvalue weighted by molar-refractivity contribution is 5.90. The molecule has 0 spiro atoms. The fraction of sp³-hybridized carbons (Fsp3) is 0.300. The van der Waals surface area contributed by atoms with Crippen molar-refractivity contribution in [3.8, 4) is 5.75 Å². The van der Waals surface area contributed by atoms with Crippen LogP contribution in [0.2, 0.25) is 0 Å². The van der Waals surface area contributed by atoms with Gasteiger partial charge in [-0.2, -0.15) is 0 Å². The van der Waals surface area contributed by atoms with E-state index in [1.165, 1.54) is 24.8 Å². The molecule has 2 aromatic rings. The van der Waals surface area contributed by atoms with E-state index < -0.39 is 29.1 Å². The lowest BCUT2D eigenvalue weighted by molar-refractivity contribution is -0.385. The van der Waals surface area contributed by atoms with Crippen molar-refractivity contribution in [3.05, 3.63) is 69.3 Å². The lowest BCUT2D eigenvalue weighted by atomic mass is 10.1. The van der Waals surface area contributed by atoms with Gasteiger partial charge in [-0.05, 0) is 36.6 Å². The third kappa shape index (κ3) is 5.29. The molecule has 1 N–H and O–H groups in total. The summed E-state index contributed by atoms with van der Waals surface area (Å²) in [5.74, 6) is -1.22. The van der Waals surface area contributed by atoms with Crippen molar-refractivity contribution in [1.82, 2.24) is 5.32 Å². The predicted octanol–water partition coefficient (Wildman–Crippen LogP) is 3.20. The van der Waals surface area contributed by atoms with E-state index in [0.717, 1.165) is 18.1 Å². The maximum absolute atomic E-state index is 12.1. The summed E-state index contributed by atoms with van der Waals surface area (Å²) in [5.41, 5.74) is 1.75. The minimum atomic E-state index is -0.699. The summed E-state index contributed by atoms with van der Waals surface area (Å²) in [7, 11) is 1.18. The van der Waals surface area contributed by atoms with Gasteiger partial charge in [0.1, 0.15) is 0 Å². The Kier molecular flexibility index (Phi) is 7.08. The number of carbonyl (C=O) groups is 2. The number of esters is 1. The number of hydrogen-bond acceptors (Lipinski definition) is 6. The molecule has 0 aromatic heterocycles. The summed E-state index contributed by atoms with van der Waals surface area (Å²) in [6.45, 7) is 3.51. The highest BCUT2D eigenvalue weighted by Crippen LogP contribution is 2.28. The van der Waals surface area contributed by atoms with Gasteiger partial charge in [-0.25, -0.2) is 4.79 Å². The third-order valence-electron chi connectivity index (χ3n) is 4.20. The Labute approximate surface area is 162 Å². The molecule has 28 heavy (non-hydrogen) atoms. The number of nitrogens with one attached hydrogen (secondary N) is 1. The van der Waals surface area contributed by atoms with E-state index >= 15 is 0 Å². The van der Waals surface area contributed by atoms with Gasteiger partial charge in [0.15, 0.2) is 12.4 Å². The molecule has 148 valence electrons. The second-order valence-corrected chi connectivity index (χ2v) is 6.10. The van der Waals surface area contributed by atoms with Crippen molar-refractivity contribution in [2.24, 2.45) is 0 Å². The number of nitro benzene ring substituents is 1. The molecule has 8 nitrogen and oxygen atoms in total. The predicted molar refractivity (Wildman–Crippen MR) is 102 cm³/mol. The average molecular weight is 386 g/mol. The number of ether oxygens (including phenoxy) is 2. The van der Waals surface area contributed by atoms with E-state index in [1.54, 1.807) is 0 Å². The number of rotatable bonds is 8. The van der Waals surface area contributed by atoms with Gasteiger partial charge in [0.2, 0.25) is 0 Å². The summed E-state index contributed by atoms with van der Waals surface area (Å²) in [6.07, 6.45) is 0.933. The van der Waals surface area contributed by atoms with Crippen LogP contribution in [-0.2, 0) is 16.0 Å².